The molecule has 2 fully saturated rings. The molecule has 188 valence electrons. The van der Waals surface area contributed by atoms with Gasteiger partial charge in [-0.15, -0.1) is 11.3 Å². The van der Waals surface area contributed by atoms with Crippen molar-refractivity contribution in [3.8, 4) is 5.75 Å². The van der Waals surface area contributed by atoms with Gasteiger partial charge in [-0.25, -0.2) is 4.98 Å². The molecule has 1 aromatic carbocycles. The molecule has 0 unspecified atom stereocenters. The Bertz CT molecular complexity index is 1160. The molecule has 2 aromatic heterocycles. The molecule has 1 atom stereocenters. The van der Waals surface area contributed by atoms with E-state index >= 15 is 0 Å². The smallest absolute Gasteiger partial charge is 0.120 e. The molecule has 2 aliphatic heterocycles. The van der Waals surface area contributed by atoms with Gasteiger partial charge in [0, 0.05) is 54.3 Å². The zero-order valence-corrected chi connectivity index (χ0v) is 21.9. The lowest BCUT2D eigenvalue weighted by molar-refractivity contribution is 0.0359. The summed E-state index contributed by atoms with van der Waals surface area (Å²) in [6.07, 6.45) is 9.60. The van der Waals surface area contributed by atoms with Gasteiger partial charge in [-0.1, -0.05) is 12.8 Å². The van der Waals surface area contributed by atoms with Gasteiger partial charge in [-0.3, -0.25) is 9.80 Å². The van der Waals surface area contributed by atoms with E-state index in [0.717, 1.165) is 57.2 Å². The maximum atomic E-state index is 10.7. The van der Waals surface area contributed by atoms with Crippen molar-refractivity contribution in [3.05, 3.63) is 46.0 Å². The normalized spacial score (nSPS) is 23.3. The number of aromatic nitrogens is 2. The van der Waals surface area contributed by atoms with Crippen LogP contribution in [0.25, 0.3) is 10.9 Å². The summed E-state index contributed by atoms with van der Waals surface area (Å²) in [5.74, 6) is 1.66. The fourth-order valence-corrected chi connectivity index (χ4v) is 7.91. The van der Waals surface area contributed by atoms with Crippen molar-refractivity contribution >= 4 is 22.2 Å². The first-order chi connectivity index (χ1) is 17.1. The summed E-state index contributed by atoms with van der Waals surface area (Å²) in [6.45, 7) is 5.48. The van der Waals surface area contributed by atoms with Gasteiger partial charge in [-0.2, -0.15) is 0 Å². The zero-order chi connectivity index (χ0) is 24.0. The Morgan fingerprint density at radius 1 is 1.20 bits per heavy atom. The van der Waals surface area contributed by atoms with Crippen LogP contribution < -0.4 is 4.74 Å². The SMILES string of the molecule is COc1ccc2c3c(n(C)c2c1)[C@H](CO)N(CC1CCCC1)CC31CCN(Cc2nccs2)CC1. The van der Waals surface area contributed by atoms with Gasteiger partial charge >= 0.3 is 0 Å². The molecule has 0 amide bonds. The number of likely N-dealkylation sites (tertiary alicyclic amines) is 1. The largest absolute Gasteiger partial charge is 0.497 e. The van der Waals surface area contributed by atoms with Crippen LogP contribution in [0.15, 0.2) is 29.8 Å². The molecule has 1 saturated heterocycles. The van der Waals surface area contributed by atoms with Gasteiger partial charge in [0.2, 0.25) is 0 Å². The molecule has 7 heteroatoms. The Labute approximate surface area is 212 Å². The van der Waals surface area contributed by atoms with Crippen LogP contribution in [0.2, 0.25) is 0 Å². The van der Waals surface area contributed by atoms with E-state index in [1.165, 1.54) is 52.9 Å². The number of rotatable bonds is 6. The van der Waals surface area contributed by atoms with Gasteiger partial charge in [0.25, 0.3) is 0 Å². The van der Waals surface area contributed by atoms with E-state index in [4.69, 9.17) is 4.74 Å². The molecule has 0 radical (unpaired) electrons. The van der Waals surface area contributed by atoms with Gasteiger partial charge < -0.3 is 14.4 Å². The highest BCUT2D eigenvalue weighted by molar-refractivity contribution is 7.09. The number of aliphatic hydroxyl groups is 1. The van der Waals surface area contributed by atoms with Crippen molar-refractivity contribution in [1.82, 2.24) is 19.4 Å². The Morgan fingerprint density at radius 2 is 2.00 bits per heavy atom. The molecule has 6 rings (SSSR count). The number of hydrogen-bond acceptors (Lipinski definition) is 6. The lowest BCUT2D eigenvalue weighted by Gasteiger charge is -2.51. The number of thiazole rings is 1. The monoisotopic (exact) mass is 494 g/mol. The third kappa shape index (κ3) is 4.10. The van der Waals surface area contributed by atoms with Gasteiger partial charge in [-0.05, 0) is 62.4 Å². The van der Waals surface area contributed by atoms with Crippen LogP contribution in [0.3, 0.4) is 0 Å². The lowest BCUT2D eigenvalue weighted by atomic mass is 9.68. The van der Waals surface area contributed by atoms with Crippen molar-refractivity contribution in [2.24, 2.45) is 13.0 Å². The molecule has 35 heavy (non-hydrogen) atoms. The van der Waals surface area contributed by atoms with Crippen molar-refractivity contribution in [2.45, 2.75) is 56.5 Å². The second-order valence-corrected chi connectivity index (χ2v) is 11.9. The quantitative estimate of drug-likeness (QED) is 0.538. The average molecular weight is 495 g/mol. The molecule has 4 heterocycles. The van der Waals surface area contributed by atoms with Crippen molar-refractivity contribution < 1.29 is 9.84 Å². The summed E-state index contributed by atoms with van der Waals surface area (Å²) in [4.78, 5) is 9.77. The minimum atomic E-state index is 0.0629. The fraction of sp³-hybridized carbons (Fsp3) is 0.607. The highest BCUT2D eigenvalue weighted by Crippen LogP contribution is 2.50. The summed E-state index contributed by atoms with van der Waals surface area (Å²) in [5.41, 5.74) is 4.16. The number of aryl methyl sites for hydroxylation is 1. The minimum Gasteiger partial charge on any atom is -0.497 e. The van der Waals surface area contributed by atoms with Crippen LogP contribution in [0.4, 0.5) is 0 Å². The number of piperidine rings is 1. The summed E-state index contributed by atoms with van der Waals surface area (Å²) in [7, 11) is 3.93. The minimum absolute atomic E-state index is 0.0629. The first-order valence-electron chi connectivity index (χ1n) is 13.2. The highest BCUT2D eigenvalue weighted by atomic mass is 32.1. The molecular weight excluding hydrogens is 456 g/mol. The van der Waals surface area contributed by atoms with E-state index in [9.17, 15) is 5.11 Å². The maximum Gasteiger partial charge on any atom is 0.120 e. The first-order valence-corrected chi connectivity index (χ1v) is 14.1. The third-order valence-electron chi connectivity index (χ3n) is 9.04. The van der Waals surface area contributed by atoms with Crippen molar-refractivity contribution in [3.63, 3.8) is 0 Å². The number of ether oxygens (including phenoxy) is 1. The van der Waals surface area contributed by atoms with Crippen molar-refractivity contribution in [1.29, 1.82) is 0 Å². The maximum absolute atomic E-state index is 10.7. The number of nitrogens with zero attached hydrogens (tertiary/aromatic N) is 4. The fourth-order valence-electron chi connectivity index (χ4n) is 7.25. The summed E-state index contributed by atoms with van der Waals surface area (Å²) < 4.78 is 7.95. The summed E-state index contributed by atoms with van der Waals surface area (Å²) >= 11 is 1.76. The van der Waals surface area contributed by atoms with Crippen LogP contribution in [0.1, 0.15) is 60.8 Å². The second-order valence-electron chi connectivity index (χ2n) is 11.0. The van der Waals surface area contributed by atoms with E-state index in [1.807, 2.05) is 6.20 Å². The molecule has 1 aliphatic carbocycles. The number of fused-ring (bicyclic) bond motifs is 4. The second kappa shape index (κ2) is 9.51. The standard InChI is InChI=1S/C28H38N4O2S/c1-30-23-15-21(34-2)7-8-22(23)26-27(30)24(18-33)32(16-20-5-3-4-6-20)19-28(26)9-12-31(13-10-28)17-25-29-11-14-35-25/h7-8,11,14-15,20,24,33H,3-6,9-10,12-13,16-19H2,1-2H3/t24-/m0/s1. The van der Waals surface area contributed by atoms with E-state index in [-0.39, 0.29) is 18.1 Å². The summed E-state index contributed by atoms with van der Waals surface area (Å²) in [6, 6.07) is 6.60. The molecule has 1 N–H and O–H groups in total. The highest BCUT2D eigenvalue weighted by Gasteiger charge is 2.48. The molecule has 3 aromatic rings. The topological polar surface area (TPSA) is 53.8 Å². The van der Waals surface area contributed by atoms with Crippen LogP contribution in [0.5, 0.6) is 5.75 Å². The molecule has 1 spiro atoms. The first kappa shape index (κ1) is 23.5. The van der Waals surface area contributed by atoms with Crippen LogP contribution in [-0.2, 0) is 19.0 Å². The van der Waals surface area contributed by atoms with Gasteiger partial charge in [0.15, 0.2) is 0 Å². The lowest BCUT2D eigenvalue weighted by Crippen LogP contribution is -2.54. The zero-order valence-electron chi connectivity index (χ0n) is 21.1. The van der Waals surface area contributed by atoms with Crippen molar-refractivity contribution in [2.75, 3.05) is 39.9 Å². The molecular formula is C28H38N4O2S. The Balaban J connectivity index is 1.40. The van der Waals surface area contributed by atoms with E-state index in [0.29, 0.717) is 0 Å². The van der Waals surface area contributed by atoms with Gasteiger partial charge in [0.1, 0.15) is 10.8 Å². The Hall–Kier alpha value is -1.93. The van der Waals surface area contributed by atoms with Crippen LogP contribution >= 0.6 is 11.3 Å². The number of benzene rings is 1. The number of methoxy groups -OCH3 is 1. The summed E-state index contributed by atoms with van der Waals surface area (Å²) in [5, 5.41) is 15.3. The predicted octanol–water partition coefficient (Wildman–Crippen LogP) is 4.72. The molecule has 6 nitrogen and oxygen atoms in total. The van der Waals surface area contributed by atoms with Crippen LogP contribution in [-0.4, -0.2) is 64.4 Å². The number of aliphatic hydroxyl groups excluding tert-OH is 1. The third-order valence-corrected chi connectivity index (χ3v) is 9.81. The average Bonchev–Trinajstić information content (AvgIpc) is 3.64. The molecule has 3 aliphatic rings. The Morgan fingerprint density at radius 3 is 2.69 bits per heavy atom. The van der Waals surface area contributed by atoms with Gasteiger partial charge in [0.05, 0.1) is 31.8 Å². The Kier molecular flexibility index (Phi) is 6.37. The molecule has 0 bridgehead atoms. The van der Waals surface area contributed by atoms with E-state index in [2.05, 4.69) is 50.0 Å². The molecule has 1 saturated carbocycles. The van der Waals surface area contributed by atoms with Crippen LogP contribution in [0, 0.1) is 5.92 Å². The van der Waals surface area contributed by atoms with E-state index < -0.39 is 0 Å². The van der Waals surface area contributed by atoms with E-state index in [1.54, 1.807) is 18.4 Å². The number of hydrogen-bond donors (Lipinski definition) is 1. The predicted molar refractivity (Wildman–Crippen MR) is 141 cm³/mol.